The topological polar surface area (TPSA) is 81.9 Å². The minimum Gasteiger partial charge on any atom is -0.381 e. The number of nitrogens with zero attached hydrogens (tertiary/aromatic N) is 4. The summed E-state index contributed by atoms with van der Waals surface area (Å²) in [5.74, 6) is 0.365. The maximum Gasteiger partial charge on any atom is 0.251 e. The van der Waals surface area contributed by atoms with E-state index in [2.05, 4.69) is 20.8 Å². The highest BCUT2D eigenvalue weighted by atomic mass is 16.5. The van der Waals surface area contributed by atoms with Crippen molar-refractivity contribution < 1.29 is 9.53 Å². The van der Waals surface area contributed by atoms with Crippen LogP contribution in [0.3, 0.4) is 0 Å². The fourth-order valence-corrected chi connectivity index (χ4v) is 2.41. The van der Waals surface area contributed by atoms with E-state index in [1.165, 1.54) is 6.33 Å². The van der Waals surface area contributed by atoms with Crippen LogP contribution in [0.2, 0.25) is 0 Å². The first-order valence-corrected chi connectivity index (χ1v) is 6.94. The van der Waals surface area contributed by atoms with Gasteiger partial charge >= 0.3 is 0 Å². The second-order valence-corrected chi connectivity index (χ2v) is 5.20. The molecule has 0 unspecified atom stereocenters. The number of rotatable bonds is 4. The molecule has 1 aliphatic heterocycles. The van der Waals surface area contributed by atoms with Gasteiger partial charge in [-0.25, -0.2) is 4.68 Å². The van der Waals surface area contributed by atoms with Crippen LogP contribution in [0.15, 0.2) is 24.5 Å². The summed E-state index contributed by atoms with van der Waals surface area (Å²) < 4.78 is 6.87. The van der Waals surface area contributed by atoms with Crippen LogP contribution in [0.25, 0.3) is 5.69 Å². The van der Waals surface area contributed by atoms with E-state index in [1.807, 2.05) is 19.1 Å². The molecule has 21 heavy (non-hydrogen) atoms. The molecule has 0 spiro atoms. The van der Waals surface area contributed by atoms with Crippen molar-refractivity contribution >= 4 is 5.91 Å². The zero-order valence-corrected chi connectivity index (χ0v) is 11.8. The van der Waals surface area contributed by atoms with Gasteiger partial charge in [-0.15, -0.1) is 5.10 Å². The van der Waals surface area contributed by atoms with E-state index in [4.69, 9.17) is 4.74 Å². The van der Waals surface area contributed by atoms with Crippen molar-refractivity contribution in [1.82, 2.24) is 25.5 Å². The molecule has 1 aliphatic rings. The van der Waals surface area contributed by atoms with Crippen LogP contribution in [0.4, 0.5) is 0 Å². The van der Waals surface area contributed by atoms with E-state index in [0.29, 0.717) is 18.0 Å². The molecule has 2 heterocycles. The zero-order chi connectivity index (χ0) is 14.7. The van der Waals surface area contributed by atoms with E-state index in [9.17, 15) is 4.79 Å². The lowest BCUT2D eigenvalue weighted by molar-refractivity contribution is 0.0945. The maximum absolute atomic E-state index is 12.2. The largest absolute Gasteiger partial charge is 0.381 e. The van der Waals surface area contributed by atoms with Gasteiger partial charge in [-0.2, -0.15) is 0 Å². The highest BCUT2D eigenvalue weighted by Crippen LogP contribution is 2.15. The van der Waals surface area contributed by atoms with Crippen LogP contribution >= 0.6 is 0 Å². The number of aryl methyl sites for hydroxylation is 1. The van der Waals surface area contributed by atoms with Crippen LogP contribution < -0.4 is 5.32 Å². The number of nitrogens with one attached hydrogen (secondary N) is 1. The predicted molar refractivity (Wildman–Crippen MR) is 75.2 cm³/mol. The van der Waals surface area contributed by atoms with Crippen molar-refractivity contribution in [3.05, 3.63) is 35.7 Å². The third kappa shape index (κ3) is 3.08. The Morgan fingerprint density at radius 3 is 3.10 bits per heavy atom. The molecule has 1 amide bonds. The van der Waals surface area contributed by atoms with Crippen LogP contribution in [0, 0.1) is 12.8 Å². The molecule has 1 aromatic heterocycles. The van der Waals surface area contributed by atoms with Gasteiger partial charge in [0.2, 0.25) is 0 Å². The molecule has 1 N–H and O–H groups in total. The van der Waals surface area contributed by atoms with Gasteiger partial charge in [-0.1, -0.05) is 0 Å². The predicted octanol–water partition coefficient (Wildman–Crippen LogP) is 0.737. The standard InChI is InChI=1S/C14H17N5O2/c1-10-6-12(2-3-13(10)19-9-16-17-18-19)14(20)15-7-11-4-5-21-8-11/h2-3,6,9,11H,4-5,7-8H2,1H3,(H,15,20)/t11-/m1/s1. The number of carbonyl (C=O) groups excluding carboxylic acids is 1. The summed E-state index contributed by atoms with van der Waals surface area (Å²) in [5.41, 5.74) is 2.45. The molecular weight excluding hydrogens is 270 g/mol. The lowest BCUT2D eigenvalue weighted by Crippen LogP contribution is -2.29. The number of benzene rings is 1. The van der Waals surface area contributed by atoms with Crippen LogP contribution in [-0.4, -0.2) is 45.9 Å². The molecule has 2 aromatic rings. The van der Waals surface area contributed by atoms with Crippen LogP contribution in [0.1, 0.15) is 22.3 Å². The summed E-state index contributed by atoms with van der Waals surface area (Å²) in [5, 5.41) is 14.0. The quantitative estimate of drug-likeness (QED) is 0.896. The monoisotopic (exact) mass is 287 g/mol. The second-order valence-electron chi connectivity index (χ2n) is 5.20. The van der Waals surface area contributed by atoms with E-state index < -0.39 is 0 Å². The number of hydrogen-bond donors (Lipinski definition) is 1. The molecule has 0 bridgehead atoms. The van der Waals surface area contributed by atoms with Gasteiger partial charge in [0.1, 0.15) is 6.33 Å². The van der Waals surface area contributed by atoms with Gasteiger partial charge in [-0.3, -0.25) is 4.79 Å². The Hall–Kier alpha value is -2.28. The van der Waals surface area contributed by atoms with Gasteiger partial charge in [0.05, 0.1) is 12.3 Å². The van der Waals surface area contributed by atoms with Gasteiger partial charge in [0, 0.05) is 24.6 Å². The molecule has 7 heteroatoms. The molecule has 1 aromatic carbocycles. The lowest BCUT2D eigenvalue weighted by Gasteiger charge is -2.11. The summed E-state index contributed by atoms with van der Waals surface area (Å²) in [7, 11) is 0. The van der Waals surface area contributed by atoms with Gasteiger partial charge in [0.15, 0.2) is 0 Å². The van der Waals surface area contributed by atoms with Crippen molar-refractivity contribution in [3.8, 4) is 5.69 Å². The zero-order valence-electron chi connectivity index (χ0n) is 11.8. The first kappa shape index (κ1) is 13.7. The Bertz CT molecular complexity index is 620. The Morgan fingerprint density at radius 1 is 1.52 bits per heavy atom. The number of amides is 1. The van der Waals surface area contributed by atoms with E-state index in [-0.39, 0.29) is 5.91 Å². The van der Waals surface area contributed by atoms with Crippen LogP contribution in [-0.2, 0) is 4.74 Å². The summed E-state index contributed by atoms with van der Waals surface area (Å²) in [6.07, 6.45) is 2.54. The minimum atomic E-state index is -0.0618. The Balaban J connectivity index is 1.68. The molecule has 0 radical (unpaired) electrons. The fourth-order valence-electron chi connectivity index (χ4n) is 2.41. The summed E-state index contributed by atoms with van der Waals surface area (Å²) in [6.45, 7) is 4.11. The Morgan fingerprint density at radius 2 is 2.43 bits per heavy atom. The summed E-state index contributed by atoms with van der Waals surface area (Å²) in [4.78, 5) is 12.2. The second kappa shape index (κ2) is 6.01. The highest BCUT2D eigenvalue weighted by molar-refractivity contribution is 5.94. The molecule has 1 atom stereocenters. The number of tetrazole rings is 1. The SMILES string of the molecule is Cc1cc(C(=O)NC[C@H]2CCOC2)ccc1-n1cnnn1. The van der Waals surface area contributed by atoms with Gasteiger partial charge < -0.3 is 10.1 Å². The number of carbonyl (C=O) groups is 1. The van der Waals surface area contributed by atoms with Gasteiger partial charge in [0.25, 0.3) is 5.91 Å². The average Bonchev–Trinajstić information content (AvgIpc) is 3.17. The normalized spacial score (nSPS) is 17.9. The maximum atomic E-state index is 12.2. The lowest BCUT2D eigenvalue weighted by atomic mass is 10.1. The molecule has 0 aliphatic carbocycles. The molecule has 0 saturated carbocycles. The Labute approximate surface area is 122 Å². The van der Waals surface area contributed by atoms with E-state index in [1.54, 1.807) is 10.7 Å². The summed E-state index contributed by atoms with van der Waals surface area (Å²) in [6, 6.07) is 5.47. The molecule has 110 valence electrons. The number of ether oxygens (including phenoxy) is 1. The van der Waals surface area contributed by atoms with Crippen molar-refractivity contribution in [2.75, 3.05) is 19.8 Å². The highest BCUT2D eigenvalue weighted by Gasteiger charge is 2.17. The molecule has 1 saturated heterocycles. The third-order valence-electron chi connectivity index (χ3n) is 3.63. The molecular formula is C14H17N5O2. The smallest absolute Gasteiger partial charge is 0.251 e. The first-order chi connectivity index (χ1) is 10.2. The first-order valence-electron chi connectivity index (χ1n) is 6.94. The van der Waals surface area contributed by atoms with Crippen molar-refractivity contribution in [3.63, 3.8) is 0 Å². The summed E-state index contributed by atoms with van der Waals surface area (Å²) >= 11 is 0. The van der Waals surface area contributed by atoms with Crippen LogP contribution in [0.5, 0.6) is 0 Å². The third-order valence-corrected chi connectivity index (χ3v) is 3.63. The van der Waals surface area contributed by atoms with Crippen molar-refractivity contribution in [2.24, 2.45) is 5.92 Å². The minimum absolute atomic E-state index is 0.0618. The molecule has 3 rings (SSSR count). The van der Waals surface area contributed by atoms with E-state index in [0.717, 1.165) is 30.9 Å². The number of aromatic nitrogens is 4. The molecule has 1 fully saturated rings. The van der Waals surface area contributed by atoms with Crippen molar-refractivity contribution in [1.29, 1.82) is 0 Å². The van der Waals surface area contributed by atoms with Gasteiger partial charge in [-0.05, 0) is 47.5 Å². The fraction of sp³-hybridized carbons (Fsp3) is 0.429. The van der Waals surface area contributed by atoms with E-state index >= 15 is 0 Å². The Kier molecular flexibility index (Phi) is 3.92. The number of hydrogen-bond acceptors (Lipinski definition) is 5. The van der Waals surface area contributed by atoms with Crippen molar-refractivity contribution in [2.45, 2.75) is 13.3 Å². The molecule has 7 nitrogen and oxygen atoms in total. The average molecular weight is 287 g/mol.